The minimum absolute atomic E-state index is 0.0405. The van der Waals surface area contributed by atoms with Gasteiger partial charge in [0.1, 0.15) is 0 Å². The van der Waals surface area contributed by atoms with Crippen molar-refractivity contribution in [2.24, 2.45) is 46.3 Å². The molecule has 0 aromatic carbocycles. The molecule has 3 saturated carbocycles. The lowest BCUT2D eigenvalue weighted by molar-refractivity contribution is -0.195. The second kappa shape index (κ2) is 10.4. The summed E-state index contributed by atoms with van der Waals surface area (Å²) in [6, 6.07) is 0. The molecule has 10 atom stereocenters. The maximum Gasteiger partial charge on any atom is 0.157 e. The van der Waals surface area contributed by atoms with E-state index in [1.165, 1.54) is 57.8 Å². The van der Waals surface area contributed by atoms with Crippen LogP contribution in [0.25, 0.3) is 0 Å². The normalized spacial score (nSPS) is 45.3. The average molecular weight is 487 g/mol. The third kappa shape index (κ3) is 4.92. The summed E-state index contributed by atoms with van der Waals surface area (Å²) in [7, 11) is 0. The van der Waals surface area contributed by atoms with E-state index in [-0.39, 0.29) is 12.4 Å². The van der Waals surface area contributed by atoms with Crippen LogP contribution in [0.5, 0.6) is 0 Å². The molecule has 35 heavy (non-hydrogen) atoms. The van der Waals surface area contributed by atoms with Gasteiger partial charge >= 0.3 is 0 Å². The molecule has 0 aromatic heterocycles. The van der Waals surface area contributed by atoms with Gasteiger partial charge in [0.05, 0.1) is 12.2 Å². The largest absolute Gasteiger partial charge is 0.393 e. The van der Waals surface area contributed by atoms with Gasteiger partial charge in [-0.25, -0.2) is 0 Å². The van der Waals surface area contributed by atoms with Crippen LogP contribution in [0.15, 0.2) is 11.6 Å². The predicted octanol–water partition coefficient (Wildman–Crippen LogP) is 7.91. The Labute approximate surface area is 215 Å². The van der Waals surface area contributed by atoms with E-state index in [0.717, 1.165) is 50.0 Å². The number of rotatable bonds is 7. The molecule has 4 aliphatic carbocycles. The van der Waals surface area contributed by atoms with Crippen LogP contribution in [-0.4, -0.2) is 30.2 Å². The van der Waals surface area contributed by atoms with Crippen molar-refractivity contribution in [1.29, 1.82) is 0 Å². The van der Waals surface area contributed by atoms with Crippen LogP contribution in [0.1, 0.15) is 118 Å². The molecule has 3 nitrogen and oxygen atoms in total. The number of aliphatic hydroxyl groups is 1. The Balaban J connectivity index is 1.26. The molecule has 3 heteroatoms. The molecule has 1 unspecified atom stereocenters. The van der Waals surface area contributed by atoms with E-state index in [2.05, 4.69) is 40.7 Å². The van der Waals surface area contributed by atoms with Gasteiger partial charge in [0.2, 0.25) is 0 Å². The van der Waals surface area contributed by atoms with Gasteiger partial charge in [0, 0.05) is 6.61 Å². The van der Waals surface area contributed by atoms with Crippen molar-refractivity contribution in [3.63, 3.8) is 0 Å². The highest BCUT2D eigenvalue weighted by Crippen LogP contribution is 2.67. The predicted molar refractivity (Wildman–Crippen MR) is 143 cm³/mol. The Morgan fingerprint density at radius 1 is 1.00 bits per heavy atom. The third-order valence-electron chi connectivity index (χ3n) is 11.9. The van der Waals surface area contributed by atoms with Crippen molar-refractivity contribution in [1.82, 2.24) is 0 Å². The molecule has 0 spiro atoms. The Bertz CT molecular complexity index is 754. The molecule has 1 aliphatic heterocycles. The molecule has 1 saturated heterocycles. The molecule has 5 rings (SSSR count). The summed E-state index contributed by atoms with van der Waals surface area (Å²) in [4.78, 5) is 0. The first-order chi connectivity index (χ1) is 16.7. The van der Waals surface area contributed by atoms with E-state index in [9.17, 15) is 5.11 Å². The molecule has 0 bridgehead atoms. The van der Waals surface area contributed by atoms with Gasteiger partial charge in [-0.15, -0.1) is 0 Å². The van der Waals surface area contributed by atoms with Gasteiger partial charge in [-0.3, -0.25) is 0 Å². The number of hydrogen-bond acceptors (Lipinski definition) is 3. The van der Waals surface area contributed by atoms with Crippen LogP contribution >= 0.6 is 0 Å². The zero-order valence-corrected chi connectivity index (χ0v) is 23.4. The summed E-state index contributed by atoms with van der Waals surface area (Å²) in [5.41, 5.74) is 2.50. The lowest BCUT2D eigenvalue weighted by Crippen LogP contribution is -2.51. The number of ether oxygens (including phenoxy) is 2. The minimum Gasteiger partial charge on any atom is -0.393 e. The van der Waals surface area contributed by atoms with Gasteiger partial charge < -0.3 is 14.6 Å². The summed E-state index contributed by atoms with van der Waals surface area (Å²) >= 11 is 0. The SMILES string of the molecule is CC(C)CC[C@@H](O)[C@@H](C)[C@H]1CC[C@H]2[C@@H]3CC=C4C[C@@H](OC5CCCCO5)CC[C@]4(C)[C@H]3CC[C@]12C. The fourth-order valence-electron chi connectivity index (χ4n) is 9.72. The van der Waals surface area contributed by atoms with Crippen molar-refractivity contribution in [3.8, 4) is 0 Å². The van der Waals surface area contributed by atoms with E-state index in [0.29, 0.717) is 34.7 Å². The fourth-order valence-corrected chi connectivity index (χ4v) is 9.72. The second-order valence-electron chi connectivity index (χ2n) is 14.2. The van der Waals surface area contributed by atoms with Crippen molar-refractivity contribution >= 4 is 0 Å². The molecule has 0 radical (unpaired) electrons. The molecule has 0 aromatic rings. The maximum atomic E-state index is 11.1. The van der Waals surface area contributed by atoms with Gasteiger partial charge in [0.15, 0.2) is 6.29 Å². The van der Waals surface area contributed by atoms with Gasteiger partial charge in [0.25, 0.3) is 0 Å². The maximum absolute atomic E-state index is 11.1. The van der Waals surface area contributed by atoms with E-state index >= 15 is 0 Å². The smallest absolute Gasteiger partial charge is 0.157 e. The summed E-state index contributed by atoms with van der Waals surface area (Å²) in [6.45, 7) is 13.0. The summed E-state index contributed by atoms with van der Waals surface area (Å²) in [5.74, 6) is 4.32. The highest BCUT2D eigenvalue weighted by molar-refractivity contribution is 5.25. The number of aliphatic hydroxyl groups excluding tert-OH is 1. The first-order valence-electron chi connectivity index (χ1n) is 15.4. The van der Waals surface area contributed by atoms with Gasteiger partial charge in [-0.2, -0.15) is 0 Å². The average Bonchev–Trinajstić information content (AvgIpc) is 3.20. The second-order valence-corrected chi connectivity index (χ2v) is 14.2. The first-order valence-corrected chi connectivity index (χ1v) is 15.4. The zero-order valence-electron chi connectivity index (χ0n) is 23.4. The van der Waals surface area contributed by atoms with E-state index in [4.69, 9.17) is 9.47 Å². The number of allylic oxidation sites excluding steroid dienone is 1. The van der Waals surface area contributed by atoms with Crippen LogP contribution < -0.4 is 0 Å². The quantitative estimate of drug-likeness (QED) is 0.372. The van der Waals surface area contributed by atoms with E-state index in [1.54, 1.807) is 5.57 Å². The minimum atomic E-state index is -0.130. The van der Waals surface area contributed by atoms with Crippen molar-refractivity contribution in [3.05, 3.63) is 11.6 Å². The van der Waals surface area contributed by atoms with Crippen LogP contribution in [0.4, 0.5) is 0 Å². The Morgan fingerprint density at radius 3 is 2.57 bits per heavy atom. The monoisotopic (exact) mass is 486 g/mol. The Kier molecular flexibility index (Phi) is 7.80. The highest BCUT2D eigenvalue weighted by atomic mass is 16.7. The topological polar surface area (TPSA) is 38.7 Å². The number of hydrogen-bond donors (Lipinski definition) is 1. The molecule has 5 aliphatic rings. The Morgan fingerprint density at radius 2 is 1.83 bits per heavy atom. The summed E-state index contributed by atoms with van der Waals surface area (Å²) in [5, 5.41) is 11.1. The Hall–Kier alpha value is -0.380. The molecular formula is C32H54O3. The summed E-state index contributed by atoms with van der Waals surface area (Å²) in [6.07, 6.45) is 18.9. The first kappa shape index (κ1) is 26.2. The fraction of sp³-hybridized carbons (Fsp3) is 0.938. The standard InChI is InChI=1S/C32H54O3/c1-21(2)9-14-29(33)22(3)26-12-13-27-25-11-10-23-20-24(35-30-8-6-7-19-34-30)15-17-31(23,4)28(25)16-18-32(26,27)5/h10,21-22,24-30,33H,6-9,11-20H2,1-5H3/t22-,24-,25-,26+,27-,28-,29+,30?,31-,32+/m0/s1. The van der Waals surface area contributed by atoms with Crippen LogP contribution in [0.3, 0.4) is 0 Å². The van der Waals surface area contributed by atoms with E-state index < -0.39 is 0 Å². The van der Waals surface area contributed by atoms with Gasteiger partial charge in [-0.1, -0.05) is 46.3 Å². The van der Waals surface area contributed by atoms with Crippen LogP contribution in [0, 0.1) is 46.3 Å². The van der Waals surface area contributed by atoms with E-state index in [1.807, 2.05) is 0 Å². The molecule has 0 amide bonds. The summed E-state index contributed by atoms with van der Waals surface area (Å²) < 4.78 is 12.4. The zero-order chi connectivity index (χ0) is 24.8. The third-order valence-corrected chi connectivity index (χ3v) is 11.9. The number of fused-ring (bicyclic) bond motifs is 5. The van der Waals surface area contributed by atoms with Crippen LogP contribution in [-0.2, 0) is 9.47 Å². The lowest BCUT2D eigenvalue weighted by Gasteiger charge is -2.58. The molecule has 1 heterocycles. The van der Waals surface area contributed by atoms with Crippen molar-refractivity contribution in [2.45, 2.75) is 137 Å². The molecular weight excluding hydrogens is 432 g/mol. The van der Waals surface area contributed by atoms with Crippen LogP contribution in [0.2, 0.25) is 0 Å². The van der Waals surface area contributed by atoms with Crippen molar-refractivity contribution < 1.29 is 14.6 Å². The lowest BCUT2D eigenvalue weighted by atomic mass is 9.47. The molecule has 200 valence electrons. The van der Waals surface area contributed by atoms with Gasteiger partial charge in [-0.05, 0) is 130 Å². The van der Waals surface area contributed by atoms with Crippen molar-refractivity contribution in [2.75, 3.05) is 6.61 Å². The molecule has 4 fully saturated rings. The highest BCUT2D eigenvalue weighted by Gasteiger charge is 2.59. The molecule has 1 N–H and O–H groups in total.